The Morgan fingerprint density at radius 2 is 1.68 bits per heavy atom. The van der Waals surface area contributed by atoms with Gasteiger partial charge < -0.3 is 13.7 Å². The molecule has 0 N–H and O–H groups in total. The Balaban J connectivity index is 1.95. The summed E-state index contributed by atoms with van der Waals surface area (Å²) in [7, 11) is 0. The Bertz CT molecular complexity index is 1300. The number of benzene rings is 2. The molecule has 0 atom stereocenters. The van der Waals surface area contributed by atoms with Crippen LogP contribution < -0.4 is 16.2 Å². The second-order valence-corrected chi connectivity index (χ2v) is 6.77. The second kappa shape index (κ2) is 7.00. The van der Waals surface area contributed by atoms with Crippen LogP contribution in [0.2, 0.25) is 0 Å². The van der Waals surface area contributed by atoms with Crippen molar-refractivity contribution in [2.45, 2.75) is 20.8 Å². The predicted molar refractivity (Wildman–Crippen MR) is 112 cm³/mol. The molecule has 2 heterocycles. The lowest BCUT2D eigenvalue weighted by Gasteiger charge is -2.21. The maximum Gasteiger partial charge on any atom is 0.344 e. The molecule has 0 bridgehead atoms. The standard InChI is InChI=1S/C23H21NO4/c1-4-24(5-2)16-10-9-15-12-19(23(26)27-20(15)13-16)18-8-6-7-17-14(3)11-21(25)28-22(17)18/h6-13H,4-5H2,1-3H3. The fourth-order valence-electron chi connectivity index (χ4n) is 3.63. The number of fused-ring (bicyclic) bond motifs is 2. The highest BCUT2D eigenvalue weighted by atomic mass is 16.4. The minimum atomic E-state index is -0.458. The first kappa shape index (κ1) is 18.0. The zero-order valence-electron chi connectivity index (χ0n) is 16.1. The first-order valence-corrected chi connectivity index (χ1v) is 9.38. The van der Waals surface area contributed by atoms with Crippen molar-refractivity contribution in [3.05, 3.63) is 74.9 Å². The van der Waals surface area contributed by atoms with Gasteiger partial charge in [0.1, 0.15) is 11.2 Å². The van der Waals surface area contributed by atoms with Crippen LogP contribution in [-0.2, 0) is 0 Å². The molecule has 5 nitrogen and oxygen atoms in total. The Hall–Kier alpha value is -3.34. The topological polar surface area (TPSA) is 63.7 Å². The van der Waals surface area contributed by atoms with Crippen molar-refractivity contribution in [2.24, 2.45) is 0 Å². The largest absolute Gasteiger partial charge is 0.422 e. The van der Waals surface area contributed by atoms with Crippen LogP contribution in [-0.4, -0.2) is 13.1 Å². The number of rotatable bonds is 4. The van der Waals surface area contributed by atoms with Crippen LogP contribution in [0.15, 0.2) is 67.0 Å². The van der Waals surface area contributed by atoms with Gasteiger partial charge in [-0.1, -0.05) is 18.2 Å². The molecule has 0 aliphatic carbocycles. The summed E-state index contributed by atoms with van der Waals surface area (Å²) in [6, 6.07) is 14.6. The average molecular weight is 375 g/mol. The van der Waals surface area contributed by atoms with E-state index in [1.807, 2.05) is 37.3 Å². The first-order valence-electron chi connectivity index (χ1n) is 9.38. The molecular formula is C23H21NO4. The molecule has 0 saturated heterocycles. The second-order valence-electron chi connectivity index (χ2n) is 6.77. The average Bonchev–Trinajstić information content (AvgIpc) is 2.68. The van der Waals surface area contributed by atoms with Crippen molar-refractivity contribution < 1.29 is 8.83 Å². The van der Waals surface area contributed by atoms with Crippen LogP contribution in [0.25, 0.3) is 33.1 Å². The van der Waals surface area contributed by atoms with E-state index in [-0.39, 0.29) is 0 Å². The number of anilines is 1. The van der Waals surface area contributed by atoms with E-state index in [9.17, 15) is 9.59 Å². The van der Waals surface area contributed by atoms with Gasteiger partial charge in [0.2, 0.25) is 0 Å². The van der Waals surface area contributed by atoms with Crippen molar-refractivity contribution in [3.8, 4) is 11.1 Å². The van der Waals surface area contributed by atoms with Crippen LogP contribution in [0.3, 0.4) is 0 Å². The number of para-hydroxylation sites is 1. The maximum atomic E-state index is 12.8. The highest BCUT2D eigenvalue weighted by Crippen LogP contribution is 2.30. The van der Waals surface area contributed by atoms with Gasteiger partial charge in [0.05, 0.1) is 5.56 Å². The molecule has 4 rings (SSSR count). The van der Waals surface area contributed by atoms with Gasteiger partial charge in [0.25, 0.3) is 0 Å². The lowest BCUT2D eigenvalue weighted by molar-refractivity contribution is 0.555. The fraction of sp³-hybridized carbons (Fsp3) is 0.217. The van der Waals surface area contributed by atoms with E-state index < -0.39 is 11.3 Å². The molecule has 0 amide bonds. The number of aryl methyl sites for hydroxylation is 1. The number of hydrogen-bond acceptors (Lipinski definition) is 5. The first-order chi connectivity index (χ1) is 13.5. The third kappa shape index (κ3) is 2.99. The summed E-state index contributed by atoms with van der Waals surface area (Å²) in [5.41, 5.74) is 2.80. The van der Waals surface area contributed by atoms with Crippen LogP contribution in [0.5, 0.6) is 0 Å². The van der Waals surface area contributed by atoms with E-state index in [1.165, 1.54) is 6.07 Å². The zero-order chi connectivity index (χ0) is 19.8. The summed E-state index contributed by atoms with van der Waals surface area (Å²) in [4.78, 5) is 26.8. The molecule has 28 heavy (non-hydrogen) atoms. The molecule has 5 heteroatoms. The van der Waals surface area contributed by atoms with Crippen molar-refractivity contribution >= 4 is 27.6 Å². The molecule has 4 aromatic rings. The van der Waals surface area contributed by atoms with Gasteiger partial charge in [-0.15, -0.1) is 0 Å². The monoisotopic (exact) mass is 375 g/mol. The quantitative estimate of drug-likeness (QED) is 0.483. The van der Waals surface area contributed by atoms with Gasteiger partial charge in [-0.25, -0.2) is 9.59 Å². The van der Waals surface area contributed by atoms with Gasteiger partial charge in [-0.05, 0) is 44.5 Å². The molecule has 0 radical (unpaired) electrons. The summed E-state index contributed by atoms with van der Waals surface area (Å²) in [6.07, 6.45) is 0. The summed E-state index contributed by atoms with van der Waals surface area (Å²) >= 11 is 0. The third-order valence-corrected chi connectivity index (χ3v) is 5.12. The zero-order valence-corrected chi connectivity index (χ0v) is 16.1. The van der Waals surface area contributed by atoms with Gasteiger partial charge in [-0.3, -0.25) is 0 Å². The molecule has 0 aliphatic heterocycles. The fourth-order valence-corrected chi connectivity index (χ4v) is 3.63. The molecule has 0 fully saturated rings. The normalized spacial score (nSPS) is 11.2. The molecule has 0 unspecified atom stereocenters. The highest BCUT2D eigenvalue weighted by molar-refractivity contribution is 5.95. The summed E-state index contributed by atoms with van der Waals surface area (Å²) < 4.78 is 11.1. The van der Waals surface area contributed by atoms with E-state index in [2.05, 4.69) is 18.7 Å². The van der Waals surface area contributed by atoms with Crippen LogP contribution >= 0.6 is 0 Å². The van der Waals surface area contributed by atoms with Crippen molar-refractivity contribution in [2.75, 3.05) is 18.0 Å². The molecule has 2 aromatic carbocycles. The smallest absolute Gasteiger partial charge is 0.344 e. The summed E-state index contributed by atoms with van der Waals surface area (Å²) in [5.74, 6) is 0. The molecule has 0 aliphatic rings. The Kier molecular flexibility index (Phi) is 4.51. The molecule has 142 valence electrons. The van der Waals surface area contributed by atoms with E-state index in [0.717, 1.165) is 35.1 Å². The van der Waals surface area contributed by atoms with E-state index in [0.29, 0.717) is 22.3 Å². The molecular weight excluding hydrogens is 354 g/mol. The predicted octanol–water partition coefficient (Wildman–Crippen LogP) is 4.72. The van der Waals surface area contributed by atoms with Gasteiger partial charge in [0, 0.05) is 47.2 Å². The Labute approximate surface area is 161 Å². The van der Waals surface area contributed by atoms with E-state index in [4.69, 9.17) is 8.83 Å². The van der Waals surface area contributed by atoms with Gasteiger partial charge >= 0.3 is 11.3 Å². The number of nitrogens with zero attached hydrogens (tertiary/aromatic N) is 1. The van der Waals surface area contributed by atoms with Crippen LogP contribution in [0.4, 0.5) is 5.69 Å². The molecule has 0 saturated carbocycles. The highest BCUT2D eigenvalue weighted by Gasteiger charge is 2.15. The molecule has 0 spiro atoms. The third-order valence-electron chi connectivity index (χ3n) is 5.12. The maximum absolute atomic E-state index is 12.8. The van der Waals surface area contributed by atoms with Crippen LogP contribution in [0, 0.1) is 6.92 Å². The van der Waals surface area contributed by atoms with E-state index >= 15 is 0 Å². The number of hydrogen-bond donors (Lipinski definition) is 0. The van der Waals surface area contributed by atoms with Crippen LogP contribution in [0.1, 0.15) is 19.4 Å². The minimum absolute atomic E-state index is 0.377. The van der Waals surface area contributed by atoms with Crippen molar-refractivity contribution in [1.29, 1.82) is 0 Å². The van der Waals surface area contributed by atoms with Gasteiger partial charge in [0.15, 0.2) is 0 Å². The summed E-state index contributed by atoms with van der Waals surface area (Å²) in [5, 5.41) is 1.62. The Morgan fingerprint density at radius 3 is 2.43 bits per heavy atom. The lowest BCUT2D eigenvalue weighted by atomic mass is 10.0. The van der Waals surface area contributed by atoms with Gasteiger partial charge in [-0.2, -0.15) is 0 Å². The van der Waals surface area contributed by atoms with E-state index in [1.54, 1.807) is 12.1 Å². The SMILES string of the molecule is CCN(CC)c1ccc2cc(-c3cccc4c(C)cc(=O)oc34)c(=O)oc2c1. The van der Waals surface area contributed by atoms with Crippen molar-refractivity contribution in [3.63, 3.8) is 0 Å². The minimum Gasteiger partial charge on any atom is -0.422 e. The molecule has 2 aromatic heterocycles. The Morgan fingerprint density at radius 1 is 0.893 bits per heavy atom. The lowest BCUT2D eigenvalue weighted by Crippen LogP contribution is -2.21. The van der Waals surface area contributed by atoms with Crippen molar-refractivity contribution in [1.82, 2.24) is 0 Å². The summed E-state index contributed by atoms with van der Waals surface area (Å²) in [6.45, 7) is 7.77.